The molecule has 1 aromatic rings. The van der Waals surface area contributed by atoms with E-state index >= 15 is 0 Å². The van der Waals surface area contributed by atoms with Gasteiger partial charge >= 0.3 is 0 Å². The Morgan fingerprint density at radius 3 is 2.35 bits per heavy atom. The normalized spacial score (nSPS) is 36.2. The van der Waals surface area contributed by atoms with Crippen molar-refractivity contribution < 1.29 is 15.0 Å². The highest BCUT2D eigenvalue weighted by molar-refractivity contribution is 5.89. The molecule has 3 nitrogen and oxygen atoms in total. The van der Waals surface area contributed by atoms with Gasteiger partial charge in [-0.15, -0.1) is 0 Å². The fourth-order valence-electron chi connectivity index (χ4n) is 4.95. The maximum Gasteiger partial charge on any atom is 0.167 e. The molecule has 23 heavy (non-hydrogen) atoms. The third-order valence-electron chi connectivity index (χ3n) is 7.19. The van der Waals surface area contributed by atoms with E-state index in [1.807, 2.05) is 31.2 Å². The van der Waals surface area contributed by atoms with Crippen molar-refractivity contribution in [1.82, 2.24) is 0 Å². The van der Waals surface area contributed by atoms with Gasteiger partial charge in [0.25, 0.3) is 0 Å². The molecule has 0 amide bonds. The van der Waals surface area contributed by atoms with Crippen LogP contribution in [0.1, 0.15) is 63.7 Å². The van der Waals surface area contributed by atoms with Crippen LogP contribution in [0.3, 0.4) is 0 Å². The second-order valence-corrected chi connectivity index (χ2v) is 8.41. The predicted octanol–water partition coefficient (Wildman–Crippen LogP) is 3.56. The Bertz CT molecular complexity index is 618. The zero-order chi connectivity index (χ0) is 17.0. The van der Waals surface area contributed by atoms with Crippen LogP contribution < -0.4 is 0 Å². The minimum absolute atomic E-state index is 0.0159. The molecule has 126 valence electrons. The Morgan fingerprint density at radius 1 is 1.26 bits per heavy atom. The van der Waals surface area contributed by atoms with Crippen molar-refractivity contribution in [3.8, 4) is 0 Å². The van der Waals surface area contributed by atoms with E-state index in [1.165, 1.54) is 0 Å². The van der Waals surface area contributed by atoms with E-state index in [2.05, 4.69) is 20.8 Å². The Balaban J connectivity index is 1.80. The SMILES string of the molecule is Cc1ccc([C@@H](O)CC(=O)[C@@]2(O)C[C@H]3CC[C@]2(C)C3(C)C)cc1. The highest BCUT2D eigenvalue weighted by atomic mass is 16.3. The van der Waals surface area contributed by atoms with Gasteiger partial charge < -0.3 is 10.2 Å². The van der Waals surface area contributed by atoms with Gasteiger partial charge in [0.05, 0.1) is 6.10 Å². The highest BCUT2D eigenvalue weighted by Crippen LogP contribution is 2.70. The number of fused-ring (bicyclic) bond motifs is 2. The van der Waals surface area contributed by atoms with Gasteiger partial charge in [0.2, 0.25) is 0 Å². The zero-order valence-corrected chi connectivity index (χ0v) is 14.6. The molecule has 0 aliphatic heterocycles. The molecule has 3 rings (SSSR count). The van der Waals surface area contributed by atoms with Crippen LogP contribution >= 0.6 is 0 Å². The lowest BCUT2D eigenvalue weighted by Gasteiger charge is -2.44. The fourth-order valence-corrected chi connectivity index (χ4v) is 4.95. The number of hydrogen-bond donors (Lipinski definition) is 2. The van der Waals surface area contributed by atoms with Gasteiger partial charge in [-0.3, -0.25) is 4.79 Å². The van der Waals surface area contributed by atoms with Gasteiger partial charge in [-0.05, 0) is 43.1 Å². The molecule has 2 saturated carbocycles. The summed E-state index contributed by atoms with van der Waals surface area (Å²) in [6.07, 6.45) is 1.64. The number of carbonyl (C=O) groups is 1. The molecule has 0 saturated heterocycles. The Morgan fingerprint density at radius 2 is 1.87 bits per heavy atom. The number of benzene rings is 1. The third-order valence-corrected chi connectivity index (χ3v) is 7.19. The van der Waals surface area contributed by atoms with Crippen LogP contribution in [-0.4, -0.2) is 21.6 Å². The molecular formula is C20H28O3. The fraction of sp³-hybridized carbons (Fsp3) is 0.650. The smallest absolute Gasteiger partial charge is 0.167 e. The molecule has 2 aliphatic carbocycles. The van der Waals surface area contributed by atoms with E-state index in [9.17, 15) is 15.0 Å². The summed E-state index contributed by atoms with van der Waals surface area (Å²) < 4.78 is 0. The molecule has 1 aromatic carbocycles. The second-order valence-electron chi connectivity index (χ2n) is 8.41. The van der Waals surface area contributed by atoms with Crippen molar-refractivity contribution in [2.75, 3.05) is 0 Å². The molecule has 2 aliphatic rings. The molecule has 0 heterocycles. The zero-order valence-electron chi connectivity index (χ0n) is 14.6. The van der Waals surface area contributed by atoms with Crippen LogP contribution in [0.4, 0.5) is 0 Å². The van der Waals surface area contributed by atoms with E-state index in [-0.39, 0.29) is 17.6 Å². The minimum atomic E-state index is -1.30. The van der Waals surface area contributed by atoms with Crippen LogP contribution in [0, 0.1) is 23.7 Å². The molecule has 4 atom stereocenters. The first kappa shape index (κ1) is 16.7. The summed E-state index contributed by atoms with van der Waals surface area (Å²) in [5.74, 6) is 0.182. The van der Waals surface area contributed by atoms with Gasteiger partial charge in [0.1, 0.15) is 5.60 Å². The molecule has 2 bridgehead atoms. The number of aryl methyl sites for hydroxylation is 1. The topological polar surface area (TPSA) is 57.5 Å². The minimum Gasteiger partial charge on any atom is -0.388 e. The van der Waals surface area contributed by atoms with Gasteiger partial charge in [-0.1, -0.05) is 50.6 Å². The Hall–Kier alpha value is -1.19. The van der Waals surface area contributed by atoms with Crippen molar-refractivity contribution in [2.45, 2.75) is 65.1 Å². The van der Waals surface area contributed by atoms with Gasteiger partial charge in [-0.2, -0.15) is 0 Å². The second kappa shape index (κ2) is 5.15. The first-order valence-electron chi connectivity index (χ1n) is 8.62. The van der Waals surface area contributed by atoms with E-state index in [4.69, 9.17) is 0 Å². The van der Waals surface area contributed by atoms with Crippen molar-refractivity contribution in [3.63, 3.8) is 0 Å². The standard InChI is InChI=1S/C20H28O3/c1-13-5-7-14(8-6-13)16(21)11-17(22)20(23)12-15-9-10-19(20,4)18(15,2)3/h5-8,15-16,21,23H,9-12H2,1-4H3/t15-,16+,19-,20+/m1/s1. The van der Waals surface area contributed by atoms with Gasteiger partial charge in [-0.25, -0.2) is 0 Å². The number of aliphatic hydroxyl groups is 2. The summed E-state index contributed by atoms with van der Waals surface area (Å²) in [7, 11) is 0. The quantitative estimate of drug-likeness (QED) is 0.893. The van der Waals surface area contributed by atoms with E-state index in [0.29, 0.717) is 12.3 Å². The first-order valence-corrected chi connectivity index (χ1v) is 8.62. The number of Topliss-reactive ketones (excluding diaryl/α,β-unsaturated/α-hetero) is 1. The number of aliphatic hydroxyl groups excluding tert-OH is 1. The predicted molar refractivity (Wildman–Crippen MR) is 89.9 cm³/mol. The summed E-state index contributed by atoms with van der Waals surface area (Å²) in [4.78, 5) is 12.9. The molecule has 2 fully saturated rings. The summed E-state index contributed by atoms with van der Waals surface area (Å²) in [6.45, 7) is 8.39. The number of rotatable bonds is 4. The van der Waals surface area contributed by atoms with Crippen LogP contribution in [-0.2, 0) is 4.79 Å². The van der Waals surface area contributed by atoms with Gasteiger partial charge in [0.15, 0.2) is 5.78 Å². The Kier molecular flexibility index (Phi) is 3.73. The van der Waals surface area contributed by atoms with Crippen LogP contribution in [0.5, 0.6) is 0 Å². The molecular weight excluding hydrogens is 288 g/mol. The monoisotopic (exact) mass is 316 g/mol. The van der Waals surface area contributed by atoms with Crippen molar-refractivity contribution >= 4 is 5.78 Å². The lowest BCUT2D eigenvalue weighted by Crippen LogP contribution is -2.53. The summed E-state index contributed by atoms with van der Waals surface area (Å²) >= 11 is 0. The van der Waals surface area contributed by atoms with Crippen molar-refractivity contribution in [3.05, 3.63) is 35.4 Å². The molecule has 3 heteroatoms. The van der Waals surface area contributed by atoms with Crippen molar-refractivity contribution in [2.24, 2.45) is 16.7 Å². The maximum absolute atomic E-state index is 12.9. The first-order chi connectivity index (χ1) is 10.6. The molecule has 0 aromatic heterocycles. The van der Waals surface area contributed by atoms with Crippen LogP contribution in [0.15, 0.2) is 24.3 Å². The number of carbonyl (C=O) groups excluding carboxylic acids is 1. The lowest BCUT2D eigenvalue weighted by molar-refractivity contribution is -0.157. The summed E-state index contributed by atoms with van der Waals surface area (Å²) in [6, 6.07) is 7.56. The van der Waals surface area contributed by atoms with E-state index in [1.54, 1.807) is 0 Å². The Labute approximate surface area is 138 Å². The van der Waals surface area contributed by atoms with E-state index < -0.39 is 17.1 Å². The molecule has 0 radical (unpaired) electrons. The molecule has 0 spiro atoms. The lowest BCUT2D eigenvalue weighted by atomic mass is 9.62. The van der Waals surface area contributed by atoms with Crippen LogP contribution in [0.2, 0.25) is 0 Å². The van der Waals surface area contributed by atoms with E-state index in [0.717, 1.165) is 24.0 Å². The number of hydrogen-bond acceptors (Lipinski definition) is 3. The molecule has 2 N–H and O–H groups in total. The summed E-state index contributed by atoms with van der Waals surface area (Å²) in [5.41, 5.74) is 0.125. The molecule has 0 unspecified atom stereocenters. The van der Waals surface area contributed by atoms with Gasteiger partial charge in [0, 0.05) is 11.8 Å². The maximum atomic E-state index is 12.9. The third kappa shape index (κ3) is 2.20. The number of ketones is 1. The highest BCUT2D eigenvalue weighted by Gasteiger charge is 2.70. The average Bonchev–Trinajstić information content (AvgIpc) is 2.80. The van der Waals surface area contributed by atoms with Crippen LogP contribution in [0.25, 0.3) is 0 Å². The van der Waals surface area contributed by atoms with Crippen molar-refractivity contribution in [1.29, 1.82) is 0 Å². The average molecular weight is 316 g/mol. The summed E-state index contributed by atoms with van der Waals surface area (Å²) in [5, 5.41) is 21.6. The largest absolute Gasteiger partial charge is 0.388 e.